The van der Waals surface area contributed by atoms with Gasteiger partial charge in [-0.1, -0.05) is 32.9 Å². The molecule has 0 fully saturated rings. The summed E-state index contributed by atoms with van der Waals surface area (Å²) >= 11 is 0. The molecular formula is C15H26N2O2S. The van der Waals surface area contributed by atoms with Crippen LogP contribution in [-0.4, -0.2) is 32.9 Å². The van der Waals surface area contributed by atoms with Crippen molar-refractivity contribution in [3.63, 3.8) is 0 Å². The summed E-state index contributed by atoms with van der Waals surface area (Å²) in [6.45, 7) is 7.53. The number of sulfonamides is 1. The van der Waals surface area contributed by atoms with Gasteiger partial charge in [0.05, 0.1) is 4.90 Å². The summed E-state index contributed by atoms with van der Waals surface area (Å²) in [7, 11) is -1.74. The molecule has 0 aliphatic carbocycles. The van der Waals surface area contributed by atoms with E-state index in [1.165, 1.54) is 4.31 Å². The second kappa shape index (κ2) is 7.76. The molecule has 5 heteroatoms. The minimum Gasteiger partial charge on any atom is -0.310 e. The van der Waals surface area contributed by atoms with Gasteiger partial charge in [0.25, 0.3) is 0 Å². The highest BCUT2D eigenvalue weighted by atomic mass is 32.2. The fourth-order valence-corrected chi connectivity index (χ4v) is 3.57. The molecule has 1 atom stereocenters. The highest BCUT2D eigenvalue weighted by Gasteiger charge is 2.21. The molecule has 0 saturated heterocycles. The first-order chi connectivity index (χ1) is 9.47. The van der Waals surface area contributed by atoms with Crippen LogP contribution in [-0.2, 0) is 10.0 Å². The average Bonchev–Trinajstić information content (AvgIpc) is 2.45. The second-order valence-corrected chi connectivity index (χ2v) is 6.96. The summed E-state index contributed by atoms with van der Waals surface area (Å²) in [6.07, 6.45) is 1.74. The Labute approximate surface area is 123 Å². The highest BCUT2D eigenvalue weighted by Crippen LogP contribution is 2.22. The maximum Gasteiger partial charge on any atom is 0.242 e. The van der Waals surface area contributed by atoms with Gasteiger partial charge in [0, 0.05) is 19.6 Å². The zero-order valence-electron chi connectivity index (χ0n) is 12.9. The summed E-state index contributed by atoms with van der Waals surface area (Å²) in [4.78, 5) is 0.377. The molecule has 1 rings (SSSR count). The molecule has 0 radical (unpaired) electrons. The van der Waals surface area contributed by atoms with E-state index in [9.17, 15) is 8.42 Å². The zero-order valence-corrected chi connectivity index (χ0v) is 13.7. The van der Waals surface area contributed by atoms with Crippen LogP contribution in [0.3, 0.4) is 0 Å². The predicted molar refractivity (Wildman–Crippen MR) is 83.3 cm³/mol. The van der Waals surface area contributed by atoms with E-state index in [-0.39, 0.29) is 6.04 Å². The van der Waals surface area contributed by atoms with E-state index in [2.05, 4.69) is 19.2 Å². The molecule has 114 valence electrons. The van der Waals surface area contributed by atoms with Crippen LogP contribution in [0, 0.1) is 0 Å². The lowest BCUT2D eigenvalue weighted by Gasteiger charge is -2.19. The van der Waals surface area contributed by atoms with Crippen molar-refractivity contribution in [2.45, 2.75) is 44.6 Å². The third-order valence-electron chi connectivity index (χ3n) is 3.37. The van der Waals surface area contributed by atoms with Crippen LogP contribution in [0.1, 0.15) is 45.2 Å². The van der Waals surface area contributed by atoms with Gasteiger partial charge >= 0.3 is 0 Å². The SMILES string of the molecule is CCCN(C)S(=O)(=O)c1cccc(C(CC)NCC)c1. The minimum atomic E-state index is -3.37. The van der Waals surface area contributed by atoms with Crippen LogP contribution in [0.2, 0.25) is 0 Å². The second-order valence-electron chi connectivity index (χ2n) is 4.92. The van der Waals surface area contributed by atoms with Crippen LogP contribution in [0.4, 0.5) is 0 Å². The normalized spacial score (nSPS) is 13.7. The van der Waals surface area contributed by atoms with E-state index >= 15 is 0 Å². The Balaban J connectivity index is 3.09. The first-order valence-corrected chi connectivity index (χ1v) is 8.71. The smallest absolute Gasteiger partial charge is 0.242 e. The third kappa shape index (κ3) is 4.04. The van der Waals surface area contributed by atoms with Crippen molar-refractivity contribution in [3.05, 3.63) is 29.8 Å². The molecule has 4 nitrogen and oxygen atoms in total. The lowest BCUT2D eigenvalue weighted by molar-refractivity contribution is 0.468. The van der Waals surface area contributed by atoms with Crippen molar-refractivity contribution in [2.75, 3.05) is 20.1 Å². The third-order valence-corrected chi connectivity index (χ3v) is 5.22. The van der Waals surface area contributed by atoms with Crippen LogP contribution >= 0.6 is 0 Å². The van der Waals surface area contributed by atoms with Crippen LogP contribution < -0.4 is 5.32 Å². The van der Waals surface area contributed by atoms with Gasteiger partial charge in [0.2, 0.25) is 10.0 Å². The molecule has 1 unspecified atom stereocenters. The number of nitrogens with one attached hydrogen (secondary N) is 1. The Bertz CT molecular complexity index is 514. The first-order valence-electron chi connectivity index (χ1n) is 7.27. The Morgan fingerprint density at radius 3 is 2.50 bits per heavy atom. The summed E-state index contributed by atoms with van der Waals surface area (Å²) < 4.78 is 26.3. The molecule has 0 aromatic heterocycles. The van der Waals surface area contributed by atoms with E-state index in [0.29, 0.717) is 11.4 Å². The van der Waals surface area contributed by atoms with Crippen LogP contribution in [0.25, 0.3) is 0 Å². The van der Waals surface area contributed by atoms with Gasteiger partial charge in [0.15, 0.2) is 0 Å². The van der Waals surface area contributed by atoms with E-state index in [0.717, 1.165) is 24.9 Å². The van der Waals surface area contributed by atoms with E-state index in [1.54, 1.807) is 19.2 Å². The molecule has 0 aliphatic rings. The molecule has 20 heavy (non-hydrogen) atoms. The molecule has 0 aliphatic heterocycles. The standard InChI is InChI=1S/C15H26N2O2S/c1-5-11-17(4)20(18,19)14-10-8-9-13(12-14)15(6-2)16-7-3/h8-10,12,15-16H,5-7,11H2,1-4H3. The van der Waals surface area contributed by atoms with Gasteiger partial charge in [-0.25, -0.2) is 12.7 Å². The van der Waals surface area contributed by atoms with Gasteiger partial charge in [-0.2, -0.15) is 0 Å². The molecule has 0 amide bonds. The number of benzene rings is 1. The zero-order chi connectivity index (χ0) is 15.2. The van der Waals surface area contributed by atoms with Gasteiger partial charge < -0.3 is 5.32 Å². The highest BCUT2D eigenvalue weighted by molar-refractivity contribution is 7.89. The average molecular weight is 298 g/mol. The van der Waals surface area contributed by atoms with Crippen molar-refractivity contribution in [2.24, 2.45) is 0 Å². The maximum absolute atomic E-state index is 12.4. The summed E-state index contributed by atoms with van der Waals surface area (Å²) in [6, 6.07) is 7.46. The number of hydrogen-bond donors (Lipinski definition) is 1. The van der Waals surface area contributed by atoms with Gasteiger partial charge in [-0.15, -0.1) is 0 Å². The van der Waals surface area contributed by atoms with Gasteiger partial charge in [-0.3, -0.25) is 0 Å². The fourth-order valence-electron chi connectivity index (χ4n) is 2.25. The number of hydrogen-bond acceptors (Lipinski definition) is 3. The molecular weight excluding hydrogens is 272 g/mol. The van der Waals surface area contributed by atoms with Crippen molar-refractivity contribution in [1.82, 2.24) is 9.62 Å². The maximum atomic E-state index is 12.4. The van der Waals surface area contributed by atoms with Gasteiger partial charge in [-0.05, 0) is 37.1 Å². The molecule has 1 N–H and O–H groups in total. The quantitative estimate of drug-likeness (QED) is 0.803. The van der Waals surface area contributed by atoms with Crippen molar-refractivity contribution >= 4 is 10.0 Å². The van der Waals surface area contributed by atoms with E-state index in [1.807, 2.05) is 19.1 Å². The largest absolute Gasteiger partial charge is 0.310 e. The molecule has 1 aromatic carbocycles. The minimum absolute atomic E-state index is 0.201. The van der Waals surface area contributed by atoms with Crippen molar-refractivity contribution < 1.29 is 8.42 Å². The van der Waals surface area contributed by atoms with Crippen molar-refractivity contribution in [3.8, 4) is 0 Å². The first kappa shape index (κ1) is 17.1. The topological polar surface area (TPSA) is 49.4 Å². The summed E-state index contributed by atoms with van der Waals surface area (Å²) in [5.41, 5.74) is 1.03. The molecule has 0 bridgehead atoms. The molecule has 0 spiro atoms. The van der Waals surface area contributed by atoms with E-state index in [4.69, 9.17) is 0 Å². The Kier molecular flexibility index (Phi) is 6.65. The monoisotopic (exact) mass is 298 g/mol. The lowest BCUT2D eigenvalue weighted by Crippen LogP contribution is -2.28. The fraction of sp³-hybridized carbons (Fsp3) is 0.600. The van der Waals surface area contributed by atoms with Crippen LogP contribution in [0.5, 0.6) is 0 Å². The van der Waals surface area contributed by atoms with Crippen LogP contribution in [0.15, 0.2) is 29.2 Å². The predicted octanol–water partition coefficient (Wildman–Crippen LogP) is 2.78. The van der Waals surface area contributed by atoms with Gasteiger partial charge in [0.1, 0.15) is 0 Å². The molecule has 0 saturated carbocycles. The Hall–Kier alpha value is -0.910. The Morgan fingerprint density at radius 1 is 1.25 bits per heavy atom. The summed E-state index contributed by atoms with van der Waals surface area (Å²) in [5.74, 6) is 0. The molecule has 0 heterocycles. The lowest BCUT2D eigenvalue weighted by atomic mass is 10.0. The van der Waals surface area contributed by atoms with E-state index < -0.39 is 10.0 Å². The number of nitrogens with zero attached hydrogens (tertiary/aromatic N) is 1. The number of rotatable bonds is 8. The Morgan fingerprint density at radius 2 is 1.95 bits per heavy atom. The summed E-state index contributed by atoms with van der Waals surface area (Å²) in [5, 5.41) is 3.37. The molecule has 1 aromatic rings. The van der Waals surface area contributed by atoms with Crippen molar-refractivity contribution in [1.29, 1.82) is 0 Å².